The predicted molar refractivity (Wildman–Crippen MR) is 133 cm³/mol. The van der Waals surface area contributed by atoms with Crippen LogP contribution in [0.1, 0.15) is 89.2 Å². The van der Waals surface area contributed by atoms with Crippen molar-refractivity contribution >= 4 is 5.91 Å². The van der Waals surface area contributed by atoms with Crippen molar-refractivity contribution in [3.63, 3.8) is 0 Å². The van der Waals surface area contributed by atoms with Gasteiger partial charge in [-0.15, -0.1) is 0 Å². The first-order chi connectivity index (χ1) is 17.2. The Bertz CT molecular complexity index is 912. The van der Waals surface area contributed by atoms with Gasteiger partial charge in [-0.05, 0) is 68.1 Å². The number of benzene rings is 1. The third-order valence-electron chi connectivity index (χ3n) is 9.42. The van der Waals surface area contributed by atoms with Crippen LogP contribution in [0.5, 0.6) is 0 Å². The van der Waals surface area contributed by atoms with Gasteiger partial charge in [-0.1, -0.05) is 45.2 Å². The van der Waals surface area contributed by atoms with Crippen LogP contribution in [0.2, 0.25) is 0 Å². The minimum absolute atomic E-state index is 0.155. The maximum atomic E-state index is 13.1. The van der Waals surface area contributed by atoms with Crippen molar-refractivity contribution < 1.29 is 22.7 Å². The standard InChI is InChI=1S/C29H41F3N2O2/c1-20(2)26-19-36-28-15-14-25(16-24(28)12-13-27(35)34(26)28)33(17-21-6-4-3-5-7-21)18-22-8-10-23(11-9-22)29(30,31)32/h8-11,20-21,24-26H,3-7,12-19H2,1-2H3/t24-,25+,26-,28-/m1/s1. The van der Waals surface area contributed by atoms with Crippen LogP contribution in [0, 0.1) is 17.8 Å². The number of amides is 1. The van der Waals surface area contributed by atoms with E-state index in [0.29, 0.717) is 43.4 Å². The van der Waals surface area contributed by atoms with Crippen molar-refractivity contribution in [3.8, 4) is 0 Å². The fraction of sp³-hybridized carbons (Fsp3) is 0.759. The molecule has 36 heavy (non-hydrogen) atoms. The largest absolute Gasteiger partial charge is 0.416 e. The topological polar surface area (TPSA) is 32.8 Å². The van der Waals surface area contributed by atoms with Gasteiger partial charge in [-0.25, -0.2) is 0 Å². The molecule has 0 unspecified atom stereocenters. The van der Waals surface area contributed by atoms with Crippen LogP contribution in [0.4, 0.5) is 13.2 Å². The van der Waals surface area contributed by atoms with Crippen LogP contribution in [0.15, 0.2) is 24.3 Å². The Kier molecular flexibility index (Phi) is 7.43. The van der Waals surface area contributed by atoms with E-state index in [1.54, 1.807) is 12.1 Å². The number of rotatable bonds is 6. The molecule has 1 aromatic carbocycles. The van der Waals surface area contributed by atoms with E-state index in [1.807, 2.05) is 0 Å². The van der Waals surface area contributed by atoms with E-state index >= 15 is 0 Å². The minimum atomic E-state index is -4.31. The molecule has 0 N–H and O–H groups in total. The van der Waals surface area contributed by atoms with Crippen LogP contribution in [-0.2, 0) is 22.3 Å². The zero-order chi connectivity index (χ0) is 25.5. The molecule has 4 nitrogen and oxygen atoms in total. The maximum absolute atomic E-state index is 13.1. The first-order valence-corrected chi connectivity index (χ1v) is 14.0. The molecular weight excluding hydrogens is 465 g/mol. The first-order valence-electron chi connectivity index (χ1n) is 14.0. The van der Waals surface area contributed by atoms with Gasteiger partial charge in [-0.2, -0.15) is 13.2 Å². The Morgan fingerprint density at radius 3 is 2.47 bits per heavy atom. The average Bonchev–Trinajstić information content (AvgIpc) is 3.25. The maximum Gasteiger partial charge on any atom is 0.416 e. The molecular formula is C29H41F3N2O2. The zero-order valence-electron chi connectivity index (χ0n) is 21.7. The van der Waals surface area contributed by atoms with Gasteiger partial charge in [0.25, 0.3) is 0 Å². The Morgan fingerprint density at radius 2 is 1.81 bits per heavy atom. The summed E-state index contributed by atoms with van der Waals surface area (Å²) in [5.74, 6) is 1.58. The van der Waals surface area contributed by atoms with Crippen LogP contribution in [0.3, 0.4) is 0 Å². The number of hydrogen-bond acceptors (Lipinski definition) is 3. The molecule has 1 aromatic rings. The number of ether oxygens (including phenoxy) is 1. The van der Waals surface area contributed by atoms with Crippen molar-refractivity contribution in [1.29, 1.82) is 0 Å². The number of carbonyl (C=O) groups excluding carboxylic acids is 1. The molecule has 200 valence electrons. The highest BCUT2D eigenvalue weighted by atomic mass is 19.4. The van der Waals surface area contributed by atoms with Crippen molar-refractivity contribution in [1.82, 2.24) is 9.80 Å². The number of piperidine rings is 1. The van der Waals surface area contributed by atoms with Gasteiger partial charge in [-0.3, -0.25) is 9.69 Å². The molecule has 2 saturated heterocycles. The number of hydrogen-bond donors (Lipinski definition) is 0. The number of carbonyl (C=O) groups is 1. The van der Waals surface area contributed by atoms with E-state index in [1.165, 1.54) is 44.2 Å². The molecule has 2 heterocycles. The second kappa shape index (κ2) is 10.3. The summed E-state index contributed by atoms with van der Waals surface area (Å²) < 4.78 is 45.8. The van der Waals surface area contributed by atoms with Gasteiger partial charge in [0.05, 0.1) is 18.2 Å². The Hall–Kier alpha value is -1.60. The third kappa shape index (κ3) is 5.07. The second-order valence-corrected chi connectivity index (χ2v) is 12.0. The summed E-state index contributed by atoms with van der Waals surface area (Å²) in [5.41, 5.74) is -0.0997. The van der Waals surface area contributed by atoms with Crippen LogP contribution >= 0.6 is 0 Å². The number of halogens is 3. The molecule has 4 atom stereocenters. The number of alkyl halides is 3. The highest BCUT2D eigenvalue weighted by molar-refractivity contribution is 5.78. The molecule has 0 aromatic heterocycles. The average molecular weight is 507 g/mol. The van der Waals surface area contributed by atoms with Crippen molar-refractivity contribution in [2.45, 2.75) is 109 Å². The predicted octanol–water partition coefficient (Wildman–Crippen LogP) is 6.63. The molecule has 2 aliphatic heterocycles. The second-order valence-electron chi connectivity index (χ2n) is 12.0. The Morgan fingerprint density at radius 1 is 1.08 bits per heavy atom. The van der Waals surface area contributed by atoms with E-state index in [2.05, 4.69) is 23.6 Å². The highest BCUT2D eigenvalue weighted by Crippen LogP contribution is 2.51. The lowest BCUT2D eigenvalue weighted by Gasteiger charge is -2.54. The molecule has 1 spiro atoms. The summed E-state index contributed by atoms with van der Waals surface area (Å²) in [6.07, 6.45) is 6.29. The SMILES string of the molecule is CC(C)[C@H]1CO[C@]23CC[C@H](N(Cc4ccc(C(F)(F)F)cc4)CC4CCCCC4)C[C@H]2CCC(=O)N13. The lowest BCUT2D eigenvalue weighted by molar-refractivity contribution is -0.192. The van der Waals surface area contributed by atoms with Crippen LogP contribution in [0.25, 0.3) is 0 Å². The lowest BCUT2D eigenvalue weighted by atomic mass is 9.72. The van der Waals surface area contributed by atoms with Crippen LogP contribution < -0.4 is 0 Å². The molecule has 0 radical (unpaired) electrons. The molecule has 7 heteroatoms. The molecule has 2 saturated carbocycles. The highest BCUT2D eigenvalue weighted by Gasteiger charge is 2.59. The third-order valence-corrected chi connectivity index (χ3v) is 9.42. The molecule has 4 aliphatic rings. The summed E-state index contributed by atoms with van der Waals surface area (Å²) in [5, 5.41) is 0. The summed E-state index contributed by atoms with van der Waals surface area (Å²) in [4.78, 5) is 17.7. The van der Waals surface area contributed by atoms with Crippen molar-refractivity contribution in [3.05, 3.63) is 35.4 Å². The summed E-state index contributed by atoms with van der Waals surface area (Å²) in [6.45, 7) is 6.65. The summed E-state index contributed by atoms with van der Waals surface area (Å²) in [6, 6.07) is 6.24. The first kappa shape index (κ1) is 26.0. The van der Waals surface area contributed by atoms with E-state index in [4.69, 9.17) is 4.74 Å². The van der Waals surface area contributed by atoms with E-state index in [-0.39, 0.29) is 11.9 Å². The van der Waals surface area contributed by atoms with Crippen molar-refractivity contribution in [2.75, 3.05) is 13.2 Å². The molecule has 5 rings (SSSR count). The quantitative estimate of drug-likeness (QED) is 0.434. The van der Waals surface area contributed by atoms with E-state index in [9.17, 15) is 18.0 Å². The fourth-order valence-corrected chi connectivity index (χ4v) is 7.43. The summed E-state index contributed by atoms with van der Waals surface area (Å²) in [7, 11) is 0. The lowest BCUT2D eigenvalue weighted by Crippen LogP contribution is -2.63. The molecule has 1 amide bonds. The fourth-order valence-electron chi connectivity index (χ4n) is 7.43. The van der Waals surface area contributed by atoms with Gasteiger partial charge in [0.15, 0.2) is 0 Å². The smallest absolute Gasteiger partial charge is 0.353 e. The monoisotopic (exact) mass is 506 g/mol. The Labute approximate surface area is 213 Å². The zero-order valence-corrected chi connectivity index (χ0v) is 21.7. The van der Waals surface area contributed by atoms with Crippen LogP contribution in [-0.4, -0.2) is 46.7 Å². The normalized spacial score (nSPS) is 31.7. The number of nitrogens with zero attached hydrogens (tertiary/aromatic N) is 2. The summed E-state index contributed by atoms with van der Waals surface area (Å²) >= 11 is 0. The minimum Gasteiger partial charge on any atom is -0.353 e. The molecule has 4 fully saturated rings. The van der Waals surface area contributed by atoms with Gasteiger partial charge in [0.1, 0.15) is 5.72 Å². The van der Waals surface area contributed by atoms with Gasteiger partial charge in [0, 0.05) is 31.5 Å². The van der Waals surface area contributed by atoms with Gasteiger partial charge >= 0.3 is 6.18 Å². The molecule has 0 bridgehead atoms. The van der Waals surface area contributed by atoms with Gasteiger partial charge in [0.2, 0.25) is 5.91 Å². The van der Waals surface area contributed by atoms with E-state index in [0.717, 1.165) is 37.8 Å². The van der Waals surface area contributed by atoms with Gasteiger partial charge < -0.3 is 9.64 Å². The molecule has 2 aliphatic carbocycles. The van der Waals surface area contributed by atoms with E-state index < -0.39 is 17.5 Å². The van der Waals surface area contributed by atoms with Crippen molar-refractivity contribution in [2.24, 2.45) is 17.8 Å². The Balaban J connectivity index is 1.34.